The van der Waals surface area contributed by atoms with Gasteiger partial charge in [0, 0.05) is 18.2 Å². The molecule has 2 heterocycles. The maximum Gasteiger partial charge on any atom is 0.329 e. The zero-order chi connectivity index (χ0) is 21.5. The third-order valence-corrected chi connectivity index (χ3v) is 6.33. The van der Waals surface area contributed by atoms with Crippen molar-refractivity contribution in [2.24, 2.45) is 0 Å². The van der Waals surface area contributed by atoms with Crippen molar-refractivity contribution in [1.29, 1.82) is 0 Å². The first-order chi connectivity index (χ1) is 15.1. The molecular formula is C24H26N4O3. The van der Waals surface area contributed by atoms with Crippen molar-refractivity contribution in [1.82, 2.24) is 19.9 Å². The number of aromatic nitrogens is 3. The van der Waals surface area contributed by atoms with Gasteiger partial charge in [-0.3, -0.25) is 19.1 Å². The van der Waals surface area contributed by atoms with Crippen LogP contribution in [0.1, 0.15) is 78.2 Å². The Morgan fingerprint density at radius 3 is 2.81 bits per heavy atom. The van der Waals surface area contributed by atoms with Crippen LogP contribution in [0.3, 0.4) is 0 Å². The van der Waals surface area contributed by atoms with Gasteiger partial charge in [0.05, 0.1) is 17.0 Å². The summed E-state index contributed by atoms with van der Waals surface area (Å²) < 4.78 is 1.48. The number of carbonyl (C=O) groups excluding carboxylic acids is 1. The van der Waals surface area contributed by atoms with Crippen molar-refractivity contribution >= 4 is 16.9 Å². The summed E-state index contributed by atoms with van der Waals surface area (Å²) in [6.07, 6.45) is 5.61. The Labute approximate surface area is 179 Å². The number of amides is 1. The second-order valence-corrected chi connectivity index (χ2v) is 8.60. The van der Waals surface area contributed by atoms with Gasteiger partial charge in [-0.1, -0.05) is 31.2 Å². The third-order valence-electron chi connectivity index (χ3n) is 6.33. The average Bonchev–Trinajstić information content (AvgIpc) is 3.61. The molecule has 1 saturated carbocycles. The lowest BCUT2D eigenvalue weighted by molar-refractivity contribution is 0.0934. The quantitative estimate of drug-likeness (QED) is 0.665. The van der Waals surface area contributed by atoms with Crippen molar-refractivity contribution < 1.29 is 4.79 Å². The monoisotopic (exact) mass is 418 g/mol. The van der Waals surface area contributed by atoms with Gasteiger partial charge in [-0.05, 0) is 55.7 Å². The lowest BCUT2D eigenvalue weighted by atomic mass is 9.87. The summed E-state index contributed by atoms with van der Waals surface area (Å²) in [6.45, 7) is 2.40. The molecule has 2 aromatic heterocycles. The van der Waals surface area contributed by atoms with Crippen molar-refractivity contribution in [2.45, 2.75) is 64.0 Å². The normalized spacial score (nSPS) is 18.0. The summed E-state index contributed by atoms with van der Waals surface area (Å²) in [7, 11) is 0. The molecule has 0 radical (unpaired) electrons. The second-order valence-electron chi connectivity index (χ2n) is 8.60. The minimum absolute atomic E-state index is 0.0920. The number of rotatable bonds is 5. The highest BCUT2D eigenvalue weighted by Gasteiger charge is 2.30. The highest BCUT2D eigenvalue weighted by molar-refractivity contribution is 6.05. The second kappa shape index (κ2) is 7.80. The summed E-state index contributed by atoms with van der Waals surface area (Å²) in [4.78, 5) is 45.7. The summed E-state index contributed by atoms with van der Waals surface area (Å²) >= 11 is 0. The molecule has 31 heavy (non-hydrogen) atoms. The molecule has 0 bridgehead atoms. The molecule has 7 nitrogen and oxygen atoms in total. The van der Waals surface area contributed by atoms with Crippen LogP contribution in [-0.2, 0) is 13.0 Å². The van der Waals surface area contributed by atoms with E-state index in [1.807, 2.05) is 19.1 Å². The molecule has 1 atom stereocenters. The molecule has 5 rings (SSSR count). The van der Waals surface area contributed by atoms with Gasteiger partial charge in [0.1, 0.15) is 0 Å². The van der Waals surface area contributed by atoms with E-state index < -0.39 is 11.2 Å². The molecule has 0 aliphatic heterocycles. The summed E-state index contributed by atoms with van der Waals surface area (Å²) in [5.74, 6) is -0.000904. The number of hydrogen-bond acceptors (Lipinski definition) is 4. The fourth-order valence-corrected chi connectivity index (χ4v) is 4.63. The Kier molecular flexibility index (Phi) is 4.96. The number of hydrogen-bond donors (Lipinski definition) is 2. The standard InChI is InChI=1S/C24H26N4O3/c1-2-12-28-21-20(23(30)27-24(28)31)17(13-19(25-21)15-10-11-15)22(29)26-18-9-5-7-14-6-3-4-8-16(14)18/h3-4,6,8,13,15,18H,2,5,7,9-12H2,1H3,(H,26,29)(H,27,30,31). The fourth-order valence-electron chi connectivity index (χ4n) is 4.63. The van der Waals surface area contributed by atoms with Crippen LogP contribution in [0.5, 0.6) is 0 Å². The first-order valence-corrected chi connectivity index (χ1v) is 11.1. The Morgan fingerprint density at radius 2 is 2.03 bits per heavy atom. The highest BCUT2D eigenvalue weighted by Crippen LogP contribution is 2.40. The van der Waals surface area contributed by atoms with Crippen molar-refractivity contribution in [3.63, 3.8) is 0 Å². The van der Waals surface area contributed by atoms with Crippen LogP contribution >= 0.6 is 0 Å². The molecule has 2 aliphatic rings. The van der Waals surface area contributed by atoms with Crippen molar-refractivity contribution in [3.8, 4) is 0 Å². The Balaban J connectivity index is 1.62. The number of nitrogens with zero attached hydrogens (tertiary/aromatic N) is 2. The fraction of sp³-hybridized carbons (Fsp3) is 0.417. The number of benzene rings is 1. The lowest BCUT2D eigenvalue weighted by Gasteiger charge is -2.26. The minimum Gasteiger partial charge on any atom is -0.345 e. The molecule has 2 aliphatic carbocycles. The molecule has 1 aromatic carbocycles. The van der Waals surface area contributed by atoms with Gasteiger partial charge >= 0.3 is 5.69 Å². The Hall–Kier alpha value is -3.22. The first kappa shape index (κ1) is 19.7. The molecular weight excluding hydrogens is 392 g/mol. The van der Waals surface area contributed by atoms with Crippen LogP contribution in [0.25, 0.3) is 11.0 Å². The van der Waals surface area contributed by atoms with Crippen molar-refractivity contribution in [3.05, 3.63) is 73.6 Å². The molecule has 7 heteroatoms. The SMILES string of the molecule is CCCn1c(=O)[nH]c(=O)c2c(C(=O)NC3CCCc4ccccc43)cc(C3CC3)nc21. The van der Waals surface area contributed by atoms with E-state index in [1.165, 1.54) is 10.1 Å². The van der Waals surface area contributed by atoms with E-state index in [0.29, 0.717) is 17.8 Å². The lowest BCUT2D eigenvalue weighted by Crippen LogP contribution is -2.35. The first-order valence-electron chi connectivity index (χ1n) is 11.1. The van der Waals surface area contributed by atoms with Gasteiger partial charge in [0.15, 0.2) is 5.65 Å². The molecule has 0 saturated heterocycles. The molecule has 1 unspecified atom stereocenters. The zero-order valence-corrected chi connectivity index (χ0v) is 17.6. The van der Waals surface area contributed by atoms with E-state index in [0.717, 1.165) is 49.8 Å². The smallest absolute Gasteiger partial charge is 0.329 e. The van der Waals surface area contributed by atoms with Gasteiger partial charge in [0.2, 0.25) is 0 Å². The number of H-pyrrole nitrogens is 1. The van der Waals surface area contributed by atoms with Crippen LogP contribution in [0.15, 0.2) is 39.9 Å². The van der Waals surface area contributed by atoms with Crippen LogP contribution < -0.4 is 16.6 Å². The number of fused-ring (bicyclic) bond motifs is 2. The van der Waals surface area contributed by atoms with Gasteiger partial charge in [-0.15, -0.1) is 0 Å². The maximum absolute atomic E-state index is 13.5. The highest BCUT2D eigenvalue weighted by atomic mass is 16.2. The largest absolute Gasteiger partial charge is 0.345 e. The van der Waals surface area contributed by atoms with E-state index >= 15 is 0 Å². The number of carbonyl (C=O) groups is 1. The summed E-state index contributed by atoms with van der Waals surface area (Å²) in [5.41, 5.74) is 2.77. The Morgan fingerprint density at radius 1 is 1.23 bits per heavy atom. The zero-order valence-electron chi connectivity index (χ0n) is 17.6. The van der Waals surface area contributed by atoms with E-state index in [4.69, 9.17) is 0 Å². The topological polar surface area (TPSA) is 96.9 Å². The van der Waals surface area contributed by atoms with Gasteiger partial charge in [-0.2, -0.15) is 0 Å². The van der Waals surface area contributed by atoms with Crippen molar-refractivity contribution in [2.75, 3.05) is 0 Å². The molecule has 1 fully saturated rings. The summed E-state index contributed by atoms with van der Waals surface area (Å²) in [5, 5.41) is 3.35. The third kappa shape index (κ3) is 3.58. The predicted octanol–water partition coefficient (Wildman–Crippen LogP) is 3.18. The summed E-state index contributed by atoms with van der Waals surface area (Å²) in [6, 6.07) is 9.84. The van der Waals surface area contributed by atoms with E-state index in [2.05, 4.69) is 27.4 Å². The van der Waals surface area contributed by atoms with E-state index in [-0.39, 0.29) is 23.3 Å². The van der Waals surface area contributed by atoms with Crippen LogP contribution in [0.4, 0.5) is 0 Å². The molecule has 2 N–H and O–H groups in total. The molecule has 0 spiro atoms. The van der Waals surface area contributed by atoms with Crippen LogP contribution in [0, 0.1) is 0 Å². The van der Waals surface area contributed by atoms with Gasteiger partial charge in [-0.25, -0.2) is 9.78 Å². The Bertz CT molecular complexity index is 1290. The van der Waals surface area contributed by atoms with Gasteiger partial charge < -0.3 is 5.32 Å². The number of aromatic amines is 1. The maximum atomic E-state index is 13.5. The average molecular weight is 418 g/mol. The van der Waals surface area contributed by atoms with Gasteiger partial charge in [0.25, 0.3) is 11.5 Å². The number of pyridine rings is 1. The predicted molar refractivity (Wildman–Crippen MR) is 118 cm³/mol. The number of aryl methyl sites for hydroxylation is 2. The molecule has 3 aromatic rings. The number of nitrogens with one attached hydrogen (secondary N) is 2. The van der Waals surface area contributed by atoms with Crippen LogP contribution in [-0.4, -0.2) is 20.4 Å². The molecule has 160 valence electrons. The van der Waals surface area contributed by atoms with E-state index in [9.17, 15) is 14.4 Å². The molecule has 1 amide bonds. The van der Waals surface area contributed by atoms with Crippen LogP contribution in [0.2, 0.25) is 0 Å². The minimum atomic E-state index is -0.559. The van der Waals surface area contributed by atoms with E-state index in [1.54, 1.807) is 6.07 Å².